The van der Waals surface area contributed by atoms with Gasteiger partial charge in [0.05, 0.1) is 27.7 Å². The van der Waals surface area contributed by atoms with Crippen molar-refractivity contribution in [3.05, 3.63) is 24.3 Å². The second-order valence-corrected chi connectivity index (χ2v) is 20.7. The van der Waals surface area contributed by atoms with Crippen molar-refractivity contribution in [2.24, 2.45) is 0 Å². The van der Waals surface area contributed by atoms with Crippen LogP contribution in [0.5, 0.6) is 0 Å². The van der Waals surface area contributed by atoms with Crippen molar-refractivity contribution < 1.29 is 42.1 Å². The molecule has 2 unspecified atom stereocenters. The maximum atomic E-state index is 12.8. The van der Waals surface area contributed by atoms with E-state index in [1.165, 1.54) is 167 Å². The third kappa shape index (κ3) is 49.8. The molecule has 0 aliphatic heterocycles. The van der Waals surface area contributed by atoms with Crippen molar-refractivity contribution in [3.8, 4) is 0 Å². The number of nitrogens with zero attached hydrogens (tertiary/aromatic N) is 1. The second-order valence-electron chi connectivity index (χ2n) is 19.3. The monoisotopic (exact) mass is 913 g/mol. The molecule has 2 atom stereocenters. The molecule has 0 saturated heterocycles. The van der Waals surface area contributed by atoms with Gasteiger partial charge in [0.2, 0.25) is 0 Å². The Morgan fingerprint density at radius 3 is 1.29 bits per heavy atom. The van der Waals surface area contributed by atoms with Crippen molar-refractivity contribution in [1.82, 2.24) is 0 Å². The zero-order chi connectivity index (χ0) is 46.4. The number of allylic oxidation sites excluding steroid dienone is 4. The van der Waals surface area contributed by atoms with Crippen LogP contribution in [0, 0.1) is 0 Å². The summed E-state index contributed by atoms with van der Waals surface area (Å²) in [6, 6.07) is 0. The van der Waals surface area contributed by atoms with Gasteiger partial charge in [-0.15, -0.1) is 0 Å². The van der Waals surface area contributed by atoms with Gasteiger partial charge >= 0.3 is 19.8 Å². The predicted molar refractivity (Wildman–Crippen MR) is 266 cm³/mol. The molecule has 0 bridgehead atoms. The highest BCUT2D eigenvalue weighted by molar-refractivity contribution is 7.47. The van der Waals surface area contributed by atoms with Crippen LogP contribution in [0.1, 0.15) is 251 Å². The van der Waals surface area contributed by atoms with Gasteiger partial charge in [0.1, 0.15) is 19.8 Å². The number of rotatable bonds is 49. The van der Waals surface area contributed by atoms with Gasteiger partial charge in [0.25, 0.3) is 0 Å². The van der Waals surface area contributed by atoms with E-state index in [0.29, 0.717) is 23.9 Å². The summed E-state index contributed by atoms with van der Waals surface area (Å²) in [6.07, 6.45) is 52.3. The number of carbonyl (C=O) groups excluding carboxylic acids is 2. The Hall–Kier alpha value is -1.51. The molecule has 372 valence electrons. The highest BCUT2D eigenvalue weighted by atomic mass is 31.2. The van der Waals surface area contributed by atoms with E-state index >= 15 is 0 Å². The van der Waals surface area contributed by atoms with Crippen LogP contribution in [0.4, 0.5) is 0 Å². The fraction of sp³-hybridized carbons (Fsp3) is 0.887. The number of hydrogen-bond acceptors (Lipinski definition) is 7. The molecular formula is C53H103NO8P+. The summed E-state index contributed by atoms with van der Waals surface area (Å²) in [5.41, 5.74) is 0. The quantitative estimate of drug-likeness (QED) is 0.0211. The lowest BCUT2D eigenvalue weighted by atomic mass is 10.0. The zero-order valence-corrected chi connectivity index (χ0v) is 43.0. The number of phosphoric acid groups is 1. The molecule has 0 saturated carbocycles. The second kappa shape index (κ2) is 45.6. The van der Waals surface area contributed by atoms with E-state index in [2.05, 4.69) is 38.2 Å². The topological polar surface area (TPSA) is 108 Å². The van der Waals surface area contributed by atoms with Crippen LogP contribution >= 0.6 is 7.82 Å². The van der Waals surface area contributed by atoms with Crippen LogP contribution in [0.15, 0.2) is 24.3 Å². The average Bonchev–Trinajstić information content (AvgIpc) is 3.24. The van der Waals surface area contributed by atoms with Crippen molar-refractivity contribution in [1.29, 1.82) is 0 Å². The lowest BCUT2D eigenvalue weighted by molar-refractivity contribution is -0.870. The Kier molecular flexibility index (Phi) is 44.5. The number of carbonyl (C=O) groups is 2. The first-order valence-corrected chi connectivity index (χ1v) is 28.1. The van der Waals surface area contributed by atoms with Crippen LogP contribution in [0.25, 0.3) is 0 Å². The highest BCUT2D eigenvalue weighted by Crippen LogP contribution is 2.43. The van der Waals surface area contributed by atoms with Crippen molar-refractivity contribution in [2.75, 3.05) is 47.5 Å². The number of ether oxygens (including phenoxy) is 2. The Morgan fingerprint density at radius 1 is 0.492 bits per heavy atom. The van der Waals surface area contributed by atoms with Gasteiger partial charge in [0, 0.05) is 12.8 Å². The molecular weight excluding hydrogens is 810 g/mol. The van der Waals surface area contributed by atoms with E-state index in [1.807, 2.05) is 21.1 Å². The first-order chi connectivity index (χ1) is 30.5. The molecule has 0 aliphatic rings. The third-order valence-corrected chi connectivity index (χ3v) is 12.7. The number of quaternary nitrogens is 1. The van der Waals surface area contributed by atoms with Crippen LogP contribution in [-0.4, -0.2) is 74.9 Å². The van der Waals surface area contributed by atoms with E-state index in [0.717, 1.165) is 51.4 Å². The van der Waals surface area contributed by atoms with Crippen molar-refractivity contribution >= 4 is 19.8 Å². The highest BCUT2D eigenvalue weighted by Gasteiger charge is 2.27. The fourth-order valence-corrected chi connectivity index (χ4v) is 8.32. The van der Waals surface area contributed by atoms with Crippen LogP contribution in [0.2, 0.25) is 0 Å². The van der Waals surface area contributed by atoms with Gasteiger partial charge in [-0.05, 0) is 44.9 Å². The van der Waals surface area contributed by atoms with Gasteiger partial charge < -0.3 is 18.9 Å². The van der Waals surface area contributed by atoms with E-state index in [1.54, 1.807) is 0 Å². The fourth-order valence-electron chi connectivity index (χ4n) is 7.58. The molecule has 0 radical (unpaired) electrons. The first kappa shape index (κ1) is 61.5. The van der Waals surface area contributed by atoms with Gasteiger partial charge in [0.15, 0.2) is 6.10 Å². The first-order valence-electron chi connectivity index (χ1n) is 26.6. The normalized spacial score (nSPS) is 13.6. The maximum absolute atomic E-state index is 12.8. The number of esters is 2. The zero-order valence-electron chi connectivity index (χ0n) is 42.1. The summed E-state index contributed by atoms with van der Waals surface area (Å²) in [5, 5.41) is 0. The standard InChI is InChI=1S/C53H102NO8P/c1-6-8-10-12-14-16-18-20-22-24-25-26-27-28-30-31-33-35-37-39-41-43-45-52(55)59-49-51(50-61-63(57,58)60-48-47-54(3,4)5)62-53(56)46-44-42-40-38-36-34-32-29-23-21-19-17-15-13-11-9-7-2/h15,17,21,23,51H,6-14,16,18-20,22,24-50H2,1-5H3/p+1/b17-15-,23-21-. The third-order valence-electron chi connectivity index (χ3n) is 11.7. The largest absolute Gasteiger partial charge is 0.472 e. The molecule has 0 heterocycles. The molecule has 9 nitrogen and oxygen atoms in total. The molecule has 0 rings (SSSR count). The molecule has 1 N–H and O–H groups in total. The minimum absolute atomic E-state index is 0.0322. The van der Waals surface area contributed by atoms with Gasteiger partial charge in [-0.2, -0.15) is 0 Å². The summed E-state index contributed by atoms with van der Waals surface area (Å²) >= 11 is 0. The lowest BCUT2D eigenvalue weighted by Gasteiger charge is -2.24. The SMILES string of the molecule is CCCCC/C=C\C/C=C\CCCCCCCCCC(=O)OC(COC(=O)CCCCCCCCCCCCCCCCCCCCCCCC)COP(=O)(O)OCC[N+](C)(C)C. The summed E-state index contributed by atoms with van der Waals surface area (Å²) in [4.78, 5) is 35.6. The molecule has 0 aromatic heterocycles. The van der Waals surface area contributed by atoms with E-state index in [4.69, 9.17) is 18.5 Å². The Balaban J connectivity index is 4.19. The number of hydrogen-bond donors (Lipinski definition) is 1. The van der Waals surface area contributed by atoms with Crippen LogP contribution in [0.3, 0.4) is 0 Å². The molecule has 0 spiro atoms. The molecule has 0 amide bonds. The number of unbranched alkanes of at least 4 members (excludes halogenated alkanes) is 31. The van der Waals surface area contributed by atoms with E-state index < -0.39 is 26.5 Å². The Bertz CT molecular complexity index is 1120. The summed E-state index contributed by atoms with van der Waals surface area (Å²) in [6.45, 7) is 4.44. The Labute approximate surface area is 389 Å². The number of phosphoric ester groups is 1. The van der Waals surface area contributed by atoms with Crippen molar-refractivity contribution in [3.63, 3.8) is 0 Å². The summed E-state index contributed by atoms with van der Waals surface area (Å²) in [7, 11) is 1.48. The molecule has 0 aromatic rings. The van der Waals surface area contributed by atoms with Gasteiger partial charge in [-0.25, -0.2) is 4.57 Å². The predicted octanol–water partition coefficient (Wildman–Crippen LogP) is 15.9. The average molecular weight is 913 g/mol. The van der Waals surface area contributed by atoms with Gasteiger partial charge in [-0.3, -0.25) is 18.6 Å². The van der Waals surface area contributed by atoms with Crippen molar-refractivity contribution in [2.45, 2.75) is 258 Å². The van der Waals surface area contributed by atoms with Gasteiger partial charge in [-0.1, -0.05) is 218 Å². The molecule has 0 fully saturated rings. The summed E-state index contributed by atoms with van der Waals surface area (Å²) < 4.78 is 34.5. The number of likely N-dealkylation sites (N-methyl/N-ethyl adjacent to an activating group) is 1. The smallest absolute Gasteiger partial charge is 0.462 e. The Morgan fingerprint density at radius 2 is 0.857 bits per heavy atom. The molecule has 10 heteroatoms. The molecule has 0 aliphatic carbocycles. The summed E-state index contributed by atoms with van der Waals surface area (Å²) in [5.74, 6) is -0.794. The lowest BCUT2D eigenvalue weighted by Crippen LogP contribution is -2.37. The minimum atomic E-state index is -4.38. The van der Waals surface area contributed by atoms with E-state index in [9.17, 15) is 19.0 Å². The van der Waals surface area contributed by atoms with Crippen LogP contribution in [-0.2, 0) is 32.7 Å². The van der Waals surface area contributed by atoms with E-state index in [-0.39, 0.29) is 25.6 Å². The maximum Gasteiger partial charge on any atom is 0.472 e. The molecule has 0 aromatic carbocycles. The van der Waals surface area contributed by atoms with Crippen LogP contribution < -0.4 is 0 Å². The minimum Gasteiger partial charge on any atom is -0.462 e. The molecule has 63 heavy (non-hydrogen) atoms.